The van der Waals surface area contributed by atoms with Gasteiger partial charge in [0.05, 0.1) is 0 Å². The standard InChI is InChI=1S/C15H23FO2/c1-5-9-14(18-15(17)8-4)12(6-2)10-11-13(16)7-3/h6-7,10-11,14H,5,8-9H2,1-4H3/b11-10-,12-6+,13-7+. The van der Waals surface area contributed by atoms with Gasteiger partial charge in [0.1, 0.15) is 11.9 Å². The third kappa shape index (κ3) is 6.38. The van der Waals surface area contributed by atoms with E-state index in [1.165, 1.54) is 12.2 Å². The first-order chi connectivity index (χ1) is 8.58. The van der Waals surface area contributed by atoms with Crippen LogP contribution in [-0.2, 0) is 9.53 Å². The normalized spacial score (nSPS) is 14.9. The van der Waals surface area contributed by atoms with Gasteiger partial charge in [-0.1, -0.05) is 38.5 Å². The Bertz CT molecular complexity index is 340. The minimum absolute atomic E-state index is 0.229. The molecule has 0 rings (SSSR count). The molecule has 1 atom stereocenters. The van der Waals surface area contributed by atoms with E-state index in [4.69, 9.17) is 4.74 Å². The molecular weight excluding hydrogens is 231 g/mol. The summed E-state index contributed by atoms with van der Waals surface area (Å²) >= 11 is 0. The molecule has 0 aliphatic rings. The minimum atomic E-state index is -0.300. The van der Waals surface area contributed by atoms with Crippen molar-refractivity contribution in [2.24, 2.45) is 0 Å². The zero-order valence-electron chi connectivity index (χ0n) is 11.7. The third-order valence-corrected chi connectivity index (χ3v) is 2.53. The smallest absolute Gasteiger partial charge is 0.306 e. The summed E-state index contributed by atoms with van der Waals surface area (Å²) in [6.07, 6.45) is 8.00. The molecule has 0 heterocycles. The molecule has 18 heavy (non-hydrogen) atoms. The summed E-state index contributed by atoms with van der Waals surface area (Å²) in [4.78, 5) is 11.4. The number of hydrogen-bond acceptors (Lipinski definition) is 2. The second-order valence-electron chi connectivity index (χ2n) is 3.92. The third-order valence-electron chi connectivity index (χ3n) is 2.53. The summed E-state index contributed by atoms with van der Waals surface area (Å²) in [5.41, 5.74) is 0.829. The van der Waals surface area contributed by atoms with E-state index in [-0.39, 0.29) is 17.9 Å². The van der Waals surface area contributed by atoms with Crippen molar-refractivity contribution in [1.29, 1.82) is 0 Å². The second-order valence-corrected chi connectivity index (χ2v) is 3.92. The Hall–Kier alpha value is -1.38. The fraction of sp³-hybridized carbons (Fsp3) is 0.533. The van der Waals surface area contributed by atoms with Gasteiger partial charge >= 0.3 is 5.97 Å². The van der Waals surface area contributed by atoms with Crippen molar-refractivity contribution in [3.05, 3.63) is 35.7 Å². The van der Waals surface area contributed by atoms with Crippen LogP contribution in [0, 0.1) is 0 Å². The van der Waals surface area contributed by atoms with Crippen LogP contribution < -0.4 is 0 Å². The molecule has 0 aliphatic heterocycles. The van der Waals surface area contributed by atoms with E-state index in [1.807, 2.05) is 19.9 Å². The summed E-state index contributed by atoms with van der Waals surface area (Å²) in [5.74, 6) is -0.529. The molecule has 2 nitrogen and oxygen atoms in total. The summed E-state index contributed by atoms with van der Waals surface area (Å²) in [5, 5.41) is 0. The lowest BCUT2D eigenvalue weighted by Gasteiger charge is -2.18. The number of halogens is 1. The van der Waals surface area contributed by atoms with Crippen LogP contribution in [0.1, 0.15) is 47.0 Å². The lowest BCUT2D eigenvalue weighted by molar-refractivity contribution is -0.147. The molecule has 0 aromatic heterocycles. The maximum atomic E-state index is 13.0. The zero-order chi connectivity index (χ0) is 14.0. The number of esters is 1. The van der Waals surface area contributed by atoms with Gasteiger partial charge in [-0.3, -0.25) is 4.79 Å². The fourth-order valence-corrected chi connectivity index (χ4v) is 1.46. The molecule has 0 fully saturated rings. The van der Waals surface area contributed by atoms with Gasteiger partial charge in [-0.15, -0.1) is 0 Å². The molecule has 3 heteroatoms. The van der Waals surface area contributed by atoms with Crippen LogP contribution in [0.15, 0.2) is 35.7 Å². The molecule has 0 aromatic carbocycles. The maximum absolute atomic E-state index is 13.0. The molecule has 0 spiro atoms. The first kappa shape index (κ1) is 16.6. The van der Waals surface area contributed by atoms with E-state index in [1.54, 1.807) is 19.9 Å². The predicted molar refractivity (Wildman–Crippen MR) is 72.8 cm³/mol. The Labute approximate surface area is 109 Å². The summed E-state index contributed by atoms with van der Waals surface area (Å²) in [7, 11) is 0. The van der Waals surface area contributed by atoms with E-state index in [0.717, 1.165) is 18.4 Å². The number of carbonyl (C=O) groups excluding carboxylic acids is 1. The van der Waals surface area contributed by atoms with Crippen LogP contribution in [0.4, 0.5) is 4.39 Å². The van der Waals surface area contributed by atoms with Gasteiger partial charge in [0.15, 0.2) is 0 Å². The van der Waals surface area contributed by atoms with Gasteiger partial charge in [0.25, 0.3) is 0 Å². The van der Waals surface area contributed by atoms with Crippen molar-refractivity contribution >= 4 is 5.97 Å². The molecule has 0 saturated carbocycles. The second kappa shape index (κ2) is 9.63. The number of ether oxygens (including phenoxy) is 1. The van der Waals surface area contributed by atoms with Crippen molar-refractivity contribution in [2.45, 2.75) is 53.1 Å². The highest BCUT2D eigenvalue weighted by molar-refractivity contribution is 5.69. The van der Waals surface area contributed by atoms with Gasteiger partial charge in [0, 0.05) is 6.42 Å². The Morgan fingerprint density at radius 2 is 1.89 bits per heavy atom. The van der Waals surface area contributed by atoms with Crippen LogP contribution in [0.2, 0.25) is 0 Å². The van der Waals surface area contributed by atoms with Gasteiger partial charge in [-0.05, 0) is 31.9 Å². The van der Waals surface area contributed by atoms with Crippen LogP contribution in [0.25, 0.3) is 0 Å². The van der Waals surface area contributed by atoms with Gasteiger partial charge in [-0.25, -0.2) is 4.39 Å². The van der Waals surface area contributed by atoms with Crippen molar-refractivity contribution in [2.75, 3.05) is 0 Å². The maximum Gasteiger partial charge on any atom is 0.306 e. The van der Waals surface area contributed by atoms with Crippen LogP contribution in [0.5, 0.6) is 0 Å². The predicted octanol–water partition coefficient (Wildman–Crippen LogP) is 4.48. The highest BCUT2D eigenvalue weighted by atomic mass is 19.1. The van der Waals surface area contributed by atoms with E-state index in [2.05, 4.69) is 0 Å². The van der Waals surface area contributed by atoms with Crippen LogP contribution in [-0.4, -0.2) is 12.1 Å². The molecule has 0 aliphatic carbocycles. The Morgan fingerprint density at radius 1 is 1.22 bits per heavy atom. The highest BCUT2D eigenvalue weighted by Crippen LogP contribution is 2.16. The molecule has 0 amide bonds. The van der Waals surface area contributed by atoms with E-state index in [9.17, 15) is 9.18 Å². The SMILES string of the molecule is C\C=C(F)/C=C\C(=C/C)C(CCC)OC(=O)CC. The van der Waals surface area contributed by atoms with E-state index in [0.29, 0.717) is 6.42 Å². The van der Waals surface area contributed by atoms with Crippen LogP contribution in [0.3, 0.4) is 0 Å². The molecule has 102 valence electrons. The molecule has 0 N–H and O–H groups in total. The lowest BCUT2D eigenvalue weighted by atomic mass is 10.0. The molecule has 1 unspecified atom stereocenters. The Balaban J connectivity index is 4.83. The Morgan fingerprint density at radius 3 is 2.33 bits per heavy atom. The highest BCUT2D eigenvalue weighted by Gasteiger charge is 2.15. The number of hydrogen-bond donors (Lipinski definition) is 0. The first-order valence-electron chi connectivity index (χ1n) is 6.44. The van der Waals surface area contributed by atoms with Crippen molar-refractivity contribution < 1.29 is 13.9 Å². The zero-order valence-corrected chi connectivity index (χ0v) is 11.7. The van der Waals surface area contributed by atoms with Gasteiger partial charge in [-0.2, -0.15) is 0 Å². The summed E-state index contributed by atoms with van der Waals surface area (Å²) in [6.45, 7) is 7.28. The van der Waals surface area contributed by atoms with Crippen LogP contribution >= 0.6 is 0 Å². The summed E-state index contributed by atoms with van der Waals surface area (Å²) < 4.78 is 18.4. The van der Waals surface area contributed by atoms with Gasteiger partial charge in [0.2, 0.25) is 0 Å². The monoisotopic (exact) mass is 254 g/mol. The minimum Gasteiger partial charge on any atom is -0.457 e. The topological polar surface area (TPSA) is 26.3 Å². The Kier molecular flexibility index (Phi) is 8.89. The lowest BCUT2D eigenvalue weighted by Crippen LogP contribution is -2.19. The van der Waals surface area contributed by atoms with Crippen molar-refractivity contribution in [3.8, 4) is 0 Å². The fourth-order valence-electron chi connectivity index (χ4n) is 1.46. The number of allylic oxidation sites excluding steroid dienone is 4. The quantitative estimate of drug-likeness (QED) is 0.494. The molecular formula is C15H23FO2. The van der Waals surface area contributed by atoms with E-state index < -0.39 is 0 Å². The van der Waals surface area contributed by atoms with Crippen molar-refractivity contribution in [1.82, 2.24) is 0 Å². The number of rotatable bonds is 7. The van der Waals surface area contributed by atoms with Gasteiger partial charge < -0.3 is 4.74 Å². The average Bonchev–Trinajstić information content (AvgIpc) is 2.38. The summed E-state index contributed by atoms with van der Waals surface area (Å²) in [6, 6.07) is 0. The first-order valence-corrected chi connectivity index (χ1v) is 6.44. The van der Waals surface area contributed by atoms with E-state index >= 15 is 0 Å². The average molecular weight is 254 g/mol. The molecule has 0 aromatic rings. The largest absolute Gasteiger partial charge is 0.457 e. The number of carbonyl (C=O) groups is 1. The molecule has 0 radical (unpaired) electrons. The van der Waals surface area contributed by atoms with Crippen molar-refractivity contribution in [3.63, 3.8) is 0 Å². The molecule has 0 saturated heterocycles. The molecule has 0 bridgehead atoms.